The maximum absolute atomic E-state index is 11.7. The Balaban J connectivity index is 2.03. The number of hydrogen-bond donors (Lipinski definition) is 2. The second-order valence-electron chi connectivity index (χ2n) is 4.13. The summed E-state index contributed by atoms with van der Waals surface area (Å²) in [5, 5.41) is 5.70. The molecule has 2 heterocycles. The van der Waals surface area contributed by atoms with Crippen molar-refractivity contribution in [3.63, 3.8) is 0 Å². The first kappa shape index (κ1) is 12.6. The maximum Gasteiger partial charge on any atom is 0.374 e. The van der Waals surface area contributed by atoms with Crippen LogP contribution in [0.3, 0.4) is 0 Å². The summed E-state index contributed by atoms with van der Waals surface area (Å²) in [6.45, 7) is 3.39. The first-order valence-corrected chi connectivity index (χ1v) is 5.84. The van der Waals surface area contributed by atoms with E-state index in [1.54, 1.807) is 20.2 Å². The molecule has 0 radical (unpaired) electrons. The van der Waals surface area contributed by atoms with Crippen LogP contribution in [0.2, 0.25) is 0 Å². The molecule has 7 heteroatoms. The molecule has 18 heavy (non-hydrogen) atoms. The average molecular weight is 252 g/mol. The van der Waals surface area contributed by atoms with E-state index in [4.69, 9.17) is 4.74 Å². The molecule has 0 atom stereocenters. The fourth-order valence-electron chi connectivity index (χ4n) is 1.61. The average Bonchev–Trinajstić information content (AvgIpc) is 2.57. The predicted octanol–water partition coefficient (Wildman–Crippen LogP) is -0.245. The molecule has 1 amide bonds. The summed E-state index contributed by atoms with van der Waals surface area (Å²) < 4.78 is 6.40. The zero-order valence-electron chi connectivity index (χ0n) is 10.4. The van der Waals surface area contributed by atoms with Crippen LogP contribution < -0.4 is 10.6 Å². The molecule has 1 aliphatic heterocycles. The van der Waals surface area contributed by atoms with Gasteiger partial charge in [0.25, 0.3) is 0 Å². The summed E-state index contributed by atoms with van der Waals surface area (Å²) in [6.07, 6.45) is 1.59. The van der Waals surface area contributed by atoms with E-state index in [9.17, 15) is 9.59 Å². The normalized spacial score (nSPS) is 15.0. The summed E-state index contributed by atoms with van der Waals surface area (Å²) in [5.74, 6) is -0.0394. The summed E-state index contributed by atoms with van der Waals surface area (Å²) >= 11 is 0. The van der Waals surface area contributed by atoms with Gasteiger partial charge in [0.15, 0.2) is 5.82 Å². The summed E-state index contributed by atoms with van der Waals surface area (Å²) in [5.41, 5.74) is 0. The van der Waals surface area contributed by atoms with Crippen molar-refractivity contribution >= 4 is 17.7 Å². The van der Waals surface area contributed by atoms with Gasteiger partial charge in [0, 0.05) is 26.3 Å². The third-order valence-corrected chi connectivity index (χ3v) is 2.74. The van der Waals surface area contributed by atoms with Gasteiger partial charge in [-0.25, -0.2) is 9.78 Å². The quantitative estimate of drug-likeness (QED) is 0.722. The number of nitrogens with one attached hydrogen (secondary N) is 2. The van der Waals surface area contributed by atoms with Crippen molar-refractivity contribution in [3.05, 3.63) is 12.0 Å². The van der Waals surface area contributed by atoms with Crippen molar-refractivity contribution in [1.82, 2.24) is 14.9 Å². The summed E-state index contributed by atoms with van der Waals surface area (Å²) in [6, 6.07) is 0. The molecular formula is C11H16N4O3. The maximum atomic E-state index is 11.7. The number of carbonyl (C=O) groups is 2. The van der Waals surface area contributed by atoms with Gasteiger partial charge >= 0.3 is 5.97 Å². The topological polar surface area (TPSA) is 85.2 Å². The molecule has 1 aliphatic rings. The number of nitrogens with zero attached hydrogens (tertiary/aromatic N) is 2. The van der Waals surface area contributed by atoms with E-state index in [1.165, 1.54) is 4.57 Å². The van der Waals surface area contributed by atoms with Crippen LogP contribution in [-0.2, 0) is 16.6 Å². The highest BCUT2D eigenvalue weighted by atomic mass is 16.5. The molecule has 1 aromatic rings. The largest absolute Gasteiger partial charge is 0.460 e. The molecule has 1 aromatic heterocycles. The number of aromatic nitrogens is 2. The van der Waals surface area contributed by atoms with Gasteiger partial charge in [0.05, 0.1) is 12.5 Å². The molecular weight excluding hydrogens is 236 g/mol. The van der Waals surface area contributed by atoms with E-state index in [-0.39, 0.29) is 17.6 Å². The Morgan fingerprint density at radius 3 is 2.89 bits per heavy atom. The van der Waals surface area contributed by atoms with Crippen LogP contribution in [-0.4, -0.2) is 41.1 Å². The second kappa shape index (κ2) is 5.18. The van der Waals surface area contributed by atoms with Gasteiger partial charge in [-0.3, -0.25) is 4.79 Å². The van der Waals surface area contributed by atoms with E-state index in [0.717, 1.165) is 0 Å². The SMILES string of the molecule is CCOC(=O)c1nc(NC(=O)C2CNC2)cn1C. The number of esters is 1. The molecule has 98 valence electrons. The first-order chi connectivity index (χ1) is 8.61. The molecule has 2 N–H and O–H groups in total. The third-order valence-electron chi connectivity index (χ3n) is 2.74. The lowest BCUT2D eigenvalue weighted by molar-refractivity contribution is -0.121. The molecule has 1 saturated heterocycles. The van der Waals surface area contributed by atoms with Gasteiger partial charge in [-0.2, -0.15) is 0 Å². The molecule has 0 bridgehead atoms. The smallest absolute Gasteiger partial charge is 0.374 e. The number of imidazole rings is 1. The zero-order chi connectivity index (χ0) is 13.1. The van der Waals surface area contributed by atoms with E-state index in [0.29, 0.717) is 25.5 Å². The van der Waals surface area contributed by atoms with Crippen molar-refractivity contribution in [3.8, 4) is 0 Å². The lowest BCUT2D eigenvalue weighted by Crippen LogP contribution is -2.48. The highest BCUT2D eigenvalue weighted by Crippen LogP contribution is 2.11. The molecule has 7 nitrogen and oxygen atoms in total. The van der Waals surface area contributed by atoms with Crippen LogP contribution in [0.5, 0.6) is 0 Å². The monoisotopic (exact) mass is 252 g/mol. The van der Waals surface area contributed by atoms with Crippen LogP contribution in [0.4, 0.5) is 5.82 Å². The van der Waals surface area contributed by atoms with E-state index in [2.05, 4.69) is 15.6 Å². The Labute approximate surface area is 105 Å². The van der Waals surface area contributed by atoms with Crippen LogP contribution >= 0.6 is 0 Å². The molecule has 0 saturated carbocycles. The Morgan fingerprint density at radius 1 is 1.61 bits per heavy atom. The second-order valence-corrected chi connectivity index (χ2v) is 4.13. The summed E-state index contributed by atoms with van der Waals surface area (Å²) in [4.78, 5) is 27.3. The zero-order valence-corrected chi connectivity index (χ0v) is 10.4. The van der Waals surface area contributed by atoms with Gasteiger partial charge in [0.1, 0.15) is 0 Å². The molecule has 0 aromatic carbocycles. The van der Waals surface area contributed by atoms with E-state index >= 15 is 0 Å². The lowest BCUT2D eigenvalue weighted by Gasteiger charge is -2.25. The lowest BCUT2D eigenvalue weighted by atomic mass is 10.0. The number of anilines is 1. The van der Waals surface area contributed by atoms with Crippen molar-refractivity contribution in [2.24, 2.45) is 13.0 Å². The highest BCUT2D eigenvalue weighted by Gasteiger charge is 2.26. The molecule has 0 spiro atoms. The molecule has 1 fully saturated rings. The van der Waals surface area contributed by atoms with Crippen molar-refractivity contribution in [2.45, 2.75) is 6.92 Å². The first-order valence-electron chi connectivity index (χ1n) is 5.84. The standard InChI is InChI=1S/C11H16N4O3/c1-3-18-11(17)9-13-8(6-15(9)2)14-10(16)7-4-12-5-7/h6-7,12H,3-5H2,1-2H3,(H,14,16). The highest BCUT2D eigenvalue weighted by molar-refractivity contribution is 5.93. The summed E-state index contributed by atoms with van der Waals surface area (Å²) in [7, 11) is 1.68. The number of ether oxygens (including phenoxy) is 1. The van der Waals surface area contributed by atoms with Gasteiger partial charge in [-0.15, -0.1) is 0 Å². The molecule has 0 unspecified atom stereocenters. The van der Waals surface area contributed by atoms with Crippen LogP contribution in [0.25, 0.3) is 0 Å². The van der Waals surface area contributed by atoms with E-state index in [1.807, 2.05) is 0 Å². The number of carbonyl (C=O) groups excluding carboxylic acids is 2. The fraction of sp³-hybridized carbons (Fsp3) is 0.545. The molecule has 2 rings (SSSR count). The van der Waals surface area contributed by atoms with Crippen molar-refractivity contribution in [2.75, 3.05) is 25.0 Å². The Morgan fingerprint density at radius 2 is 2.33 bits per heavy atom. The van der Waals surface area contributed by atoms with Crippen LogP contribution in [0, 0.1) is 5.92 Å². The minimum Gasteiger partial charge on any atom is -0.460 e. The Bertz CT molecular complexity index is 465. The van der Waals surface area contributed by atoms with Gasteiger partial charge in [-0.1, -0.05) is 0 Å². The van der Waals surface area contributed by atoms with Crippen molar-refractivity contribution in [1.29, 1.82) is 0 Å². The predicted molar refractivity (Wildman–Crippen MR) is 64.2 cm³/mol. The fourth-order valence-corrected chi connectivity index (χ4v) is 1.61. The Kier molecular flexibility index (Phi) is 3.61. The molecule has 0 aliphatic carbocycles. The number of hydrogen-bond acceptors (Lipinski definition) is 5. The van der Waals surface area contributed by atoms with Gasteiger partial charge < -0.3 is 19.9 Å². The minimum absolute atomic E-state index is 0.0157. The van der Waals surface area contributed by atoms with Gasteiger partial charge in [0.2, 0.25) is 11.7 Å². The van der Waals surface area contributed by atoms with Crippen molar-refractivity contribution < 1.29 is 14.3 Å². The number of rotatable bonds is 4. The number of aryl methyl sites for hydroxylation is 1. The van der Waals surface area contributed by atoms with Gasteiger partial charge in [-0.05, 0) is 6.92 Å². The Hall–Kier alpha value is -1.89. The van der Waals surface area contributed by atoms with Crippen LogP contribution in [0.1, 0.15) is 17.5 Å². The third kappa shape index (κ3) is 2.51. The minimum atomic E-state index is -0.495. The number of amides is 1. The van der Waals surface area contributed by atoms with E-state index < -0.39 is 5.97 Å². The van der Waals surface area contributed by atoms with Crippen LogP contribution in [0.15, 0.2) is 6.20 Å².